The molecule has 0 unspecified atom stereocenters. The number of methoxy groups -OCH3 is 2. The van der Waals surface area contributed by atoms with Crippen molar-refractivity contribution < 1.29 is 19.1 Å². The second-order valence-corrected chi connectivity index (χ2v) is 3.96. The lowest BCUT2D eigenvalue weighted by molar-refractivity contribution is -0.135. The zero-order valence-corrected chi connectivity index (χ0v) is 12.4. The van der Waals surface area contributed by atoms with E-state index in [1.165, 1.54) is 26.4 Å². The Kier molecular flexibility index (Phi) is 7.60. The van der Waals surface area contributed by atoms with E-state index in [1.54, 1.807) is 24.5 Å². The van der Waals surface area contributed by atoms with Gasteiger partial charge in [-0.1, -0.05) is 0 Å². The van der Waals surface area contributed by atoms with Crippen molar-refractivity contribution in [2.45, 2.75) is 0 Å². The lowest BCUT2D eigenvalue weighted by Gasteiger charge is -1.87. The van der Waals surface area contributed by atoms with E-state index in [0.29, 0.717) is 0 Å². The molecule has 0 atom stereocenters. The fourth-order valence-corrected chi connectivity index (χ4v) is 1.35. The second kappa shape index (κ2) is 9.82. The molecule has 6 nitrogen and oxygen atoms in total. The van der Waals surface area contributed by atoms with Gasteiger partial charge in [-0.3, -0.25) is 0 Å². The van der Waals surface area contributed by atoms with Crippen molar-refractivity contribution in [3.8, 4) is 0 Å². The van der Waals surface area contributed by atoms with Gasteiger partial charge >= 0.3 is 11.9 Å². The van der Waals surface area contributed by atoms with Crippen LogP contribution in [0.2, 0.25) is 0 Å². The molecule has 0 aliphatic rings. The molecule has 2 N–H and O–H groups in total. The van der Waals surface area contributed by atoms with Gasteiger partial charge < -0.3 is 19.4 Å². The number of carbonyl (C=O) groups excluding carboxylic acids is 2. The molecule has 0 amide bonds. The first-order valence-electron chi connectivity index (χ1n) is 6.44. The molecular weight excluding hydrogens is 284 g/mol. The molecule has 0 saturated heterocycles. The number of H-pyrrole nitrogens is 2. The minimum absolute atomic E-state index is 0.348. The summed E-state index contributed by atoms with van der Waals surface area (Å²) in [4.78, 5) is 27.0. The van der Waals surface area contributed by atoms with Gasteiger partial charge in [0.1, 0.15) is 0 Å². The summed E-state index contributed by atoms with van der Waals surface area (Å²) in [6.45, 7) is 0. The number of esters is 2. The van der Waals surface area contributed by atoms with Gasteiger partial charge in [-0.25, -0.2) is 9.59 Å². The smallest absolute Gasteiger partial charge is 0.330 e. The van der Waals surface area contributed by atoms with Gasteiger partial charge in [0.25, 0.3) is 0 Å². The molecule has 6 heteroatoms. The Morgan fingerprint density at radius 2 is 1.27 bits per heavy atom. The number of aromatic nitrogens is 2. The Morgan fingerprint density at radius 1 is 0.864 bits per heavy atom. The molecule has 0 fully saturated rings. The van der Waals surface area contributed by atoms with E-state index in [-0.39, 0.29) is 11.9 Å². The van der Waals surface area contributed by atoms with E-state index in [4.69, 9.17) is 0 Å². The van der Waals surface area contributed by atoms with Gasteiger partial charge in [-0.15, -0.1) is 0 Å². The lowest BCUT2D eigenvalue weighted by Crippen LogP contribution is -1.93. The fraction of sp³-hybridized carbons (Fsp3) is 0.125. The number of carbonyl (C=O) groups is 2. The molecule has 0 spiro atoms. The first-order chi connectivity index (χ1) is 10.7. The average molecular weight is 302 g/mol. The van der Waals surface area contributed by atoms with Crippen LogP contribution < -0.4 is 0 Å². The summed E-state index contributed by atoms with van der Waals surface area (Å²) in [6.07, 6.45) is 9.63. The van der Waals surface area contributed by atoms with Crippen LogP contribution in [0, 0.1) is 0 Å². The summed E-state index contributed by atoms with van der Waals surface area (Å²) in [6, 6.07) is 7.44. The Labute approximate surface area is 128 Å². The second-order valence-electron chi connectivity index (χ2n) is 3.96. The van der Waals surface area contributed by atoms with Gasteiger partial charge in [0.05, 0.1) is 14.2 Å². The Balaban J connectivity index is 0.000000220. The summed E-state index contributed by atoms with van der Waals surface area (Å²) in [5.41, 5.74) is 1.77. The van der Waals surface area contributed by atoms with Crippen LogP contribution in [0.25, 0.3) is 12.2 Å². The quantitative estimate of drug-likeness (QED) is 0.671. The van der Waals surface area contributed by atoms with Crippen LogP contribution in [0.15, 0.2) is 48.8 Å². The zero-order valence-electron chi connectivity index (χ0n) is 12.4. The monoisotopic (exact) mass is 302 g/mol. The first-order valence-corrected chi connectivity index (χ1v) is 6.44. The van der Waals surface area contributed by atoms with E-state index >= 15 is 0 Å². The Bertz CT molecular complexity index is 554. The molecule has 2 aromatic heterocycles. The maximum absolute atomic E-state index is 10.6. The Hall–Kier alpha value is -3.02. The van der Waals surface area contributed by atoms with Crippen molar-refractivity contribution >= 4 is 24.1 Å². The summed E-state index contributed by atoms with van der Waals surface area (Å²) >= 11 is 0. The predicted molar refractivity (Wildman–Crippen MR) is 83.7 cm³/mol. The van der Waals surface area contributed by atoms with Crippen LogP contribution in [0.4, 0.5) is 0 Å². The molecule has 2 heterocycles. The van der Waals surface area contributed by atoms with Crippen molar-refractivity contribution in [3.05, 3.63) is 60.2 Å². The molecule has 0 radical (unpaired) electrons. The standard InChI is InChI=1S/2C8H9NO2/c2*1-11-8(10)5-4-7-3-2-6-9-7/h2*2-6,9H,1H3/b2*5-4+. The van der Waals surface area contributed by atoms with Crippen LogP contribution in [-0.4, -0.2) is 36.1 Å². The van der Waals surface area contributed by atoms with Crippen molar-refractivity contribution in [1.82, 2.24) is 9.97 Å². The van der Waals surface area contributed by atoms with Crippen LogP contribution in [0.3, 0.4) is 0 Å². The van der Waals surface area contributed by atoms with E-state index in [9.17, 15) is 9.59 Å². The minimum Gasteiger partial charge on any atom is -0.466 e. The summed E-state index contributed by atoms with van der Waals surface area (Å²) in [7, 11) is 2.70. The third-order valence-electron chi connectivity index (χ3n) is 2.44. The highest BCUT2D eigenvalue weighted by Crippen LogP contribution is 1.97. The number of rotatable bonds is 4. The van der Waals surface area contributed by atoms with Crippen LogP contribution in [0.1, 0.15) is 11.4 Å². The third kappa shape index (κ3) is 6.95. The molecular formula is C16H18N2O4. The predicted octanol–water partition coefficient (Wildman–Crippen LogP) is 2.40. The van der Waals surface area contributed by atoms with Gasteiger partial charge in [-0.2, -0.15) is 0 Å². The maximum atomic E-state index is 10.6. The lowest BCUT2D eigenvalue weighted by atomic mass is 10.4. The Morgan fingerprint density at radius 3 is 1.55 bits per heavy atom. The van der Waals surface area contributed by atoms with Gasteiger partial charge in [0.2, 0.25) is 0 Å². The number of hydrogen-bond donors (Lipinski definition) is 2. The van der Waals surface area contributed by atoms with Crippen molar-refractivity contribution in [1.29, 1.82) is 0 Å². The highest BCUT2D eigenvalue weighted by molar-refractivity contribution is 5.87. The molecule has 2 rings (SSSR count). The number of hydrogen-bond acceptors (Lipinski definition) is 4. The van der Waals surface area contributed by atoms with Gasteiger partial charge in [-0.05, 0) is 36.4 Å². The van der Waals surface area contributed by atoms with Crippen molar-refractivity contribution in [2.24, 2.45) is 0 Å². The van der Waals surface area contributed by atoms with Crippen LogP contribution >= 0.6 is 0 Å². The minimum atomic E-state index is -0.348. The zero-order chi connectivity index (χ0) is 16.2. The summed E-state index contributed by atoms with van der Waals surface area (Å²) < 4.78 is 8.82. The number of aromatic amines is 2. The molecule has 0 aromatic carbocycles. The largest absolute Gasteiger partial charge is 0.466 e. The van der Waals surface area contributed by atoms with Gasteiger partial charge in [0, 0.05) is 35.9 Å². The molecule has 116 valence electrons. The normalized spacial score (nSPS) is 10.3. The summed E-state index contributed by atoms with van der Waals surface area (Å²) in [5, 5.41) is 0. The SMILES string of the molecule is COC(=O)/C=C/c1ccc[nH]1.COC(=O)/C=C/c1ccc[nH]1. The highest BCUT2D eigenvalue weighted by atomic mass is 16.5. The van der Waals surface area contributed by atoms with Crippen molar-refractivity contribution in [2.75, 3.05) is 14.2 Å². The number of ether oxygens (including phenoxy) is 2. The van der Waals surface area contributed by atoms with Crippen molar-refractivity contribution in [3.63, 3.8) is 0 Å². The van der Waals surface area contributed by atoms with E-state index in [2.05, 4.69) is 19.4 Å². The maximum Gasteiger partial charge on any atom is 0.330 e. The molecule has 22 heavy (non-hydrogen) atoms. The first kappa shape index (κ1) is 17.0. The fourth-order valence-electron chi connectivity index (χ4n) is 1.35. The van der Waals surface area contributed by atoms with E-state index < -0.39 is 0 Å². The summed E-state index contributed by atoms with van der Waals surface area (Å²) in [5.74, 6) is -0.695. The number of nitrogens with one attached hydrogen (secondary N) is 2. The molecule has 2 aromatic rings. The van der Waals surface area contributed by atoms with E-state index in [1.807, 2.05) is 24.3 Å². The average Bonchev–Trinajstić information content (AvgIpc) is 3.24. The van der Waals surface area contributed by atoms with Crippen LogP contribution in [-0.2, 0) is 19.1 Å². The van der Waals surface area contributed by atoms with Crippen LogP contribution in [0.5, 0.6) is 0 Å². The molecule has 0 bridgehead atoms. The topological polar surface area (TPSA) is 84.2 Å². The molecule has 0 saturated carbocycles. The highest BCUT2D eigenvalue weighted by Gasteiger charge is 1.91. The van der Waals surface area contributed by atoms with Gasteiger partial charge in [0.15, 0.2) is 0 Å². The molecule has 0 aliphatic carbocycles. The third-order valence-corrected chi connectivity index (χ3v) is 2.44. The van der Waals surface area contributed by atoms with E-state index in [0.717, 1.165) is 11.4 Å². The molecule has 0 aliphatic heterocycles.